The van der Waals surface area contributed by atoms with Gasteiger partial charge in [-0.1, -0.05) is 22.9 Å². The van der Waals surface area contributed by atoms with Gasteiger partial charge in [0, 0.05) is 18.0 Å². The highest BCUT2D eigenvalue weighted by Gasteiger charge is 2.22. The molecule has 0 saturated carbocycles. The Hall–Kier alpha value is -0.0900. The molecule has 0 spiro atoms. The monoisotopic (exact) mass is 249 g/mol. The number of hydrogen-bond acceptors (Lipinski definition) is 2. The van der Waals surface area contributed by atoms with Crippen LogP contribution < -0.4 is 5.32 Å². The SMILES string of the molecule is CC(Br)CCNC(=O)C1CCCO1. The van der Waals surface area contributed by atoms with Crippen LogP contribution in [-0.2, 0) is 9.53 Å². The van der Waals surface area contributed by atoms with Crippen LogP contribution >= 0.6 is 15.9 Å². The van der Waals surface area contributed by atoms with E-state index >= 15 is 0 Å². The lowest BCUT2D eigenvalue weighted by molar-refractivity contribution is -0.130. The number of alkyl halides is 1. The maximum absolute atomic E-state index is 11.4. The van der Waals surface area contributed by atoms with E-state index in [0.717, 1.165) is 32.4 Å². The second kappa shape index (κ2) is 5.60. The predicted molar refractivity (Wildman–Crippen MR) is 55.0 cm³/mol. The average Bonchev–Trinajstić information content (AvgIpc) is 2.55. The Morgan fingerprint density at radius 1 is 1.77 bits per heavy atom. The minimum absolute atomic E-state index is 0.0469. The number of rotatable bonds is 4. The van der Waals surface area contributed by atoms with Crippen LogP contribution in [0.25, 0.3) is 0 Å². The van der Waals surface area contributed by atoms with Crippen molar-refractivity contribution in [1.82, 2.24) is 5.32 Å². The summed E-state index contributed by atoms with van der Waals surface area (Å²) in [6.07, 6.45) is 2.65. The molecular formula is C9H16BrNO2. The minimum Gasteiger partial charge on any atom is -0.368 e. The molecule has 2 atom stereocenters. The number of nitrogens with one attached hydrogen (secondary N) is 1. The largest absolute Gasteiger partial charge is 0.368 e. The first-order valence-electron chi connectivity index (χ1n) is 4.73. The summed E-state index contributed by atoms with van der Waals surface area (Å²) in [5, 5.41) is 2.86. The van der Waals surface area contributed by atoms with E-state index in [1.165, 1.54) is 0 Å². The quantitative estimate of drug-likeness (QED) is 0.767. The van der Waals surface area contributed by atoms with Crippen LogP contribution in [0.15, 0.2) is 0 Å². The van der Waals surface area contributed by atoms with Gasteiger partial charge in [0.1, 0.15) is 6.10 Å². The van der Waals surface area contributed by atoms with E-state index in [1.54, 1.807) is 0 Å². The molecule has 1 rings (SSSR count). The Morgan fingerprint density at radius 2 is 2.54 bits per heavy atom. The van der Waals surface area contributed by atoms with Gasteiger partial charge in [0.2, 0.25) is 5.91 Å². The van der Waals surface area contributed by atoms with Crippen molar-refractivity contribution in [2.75, 3.05) is 13.2 Å². The molecule has 0 radical (unpaired) electrons. The van der Waals surface area contributed by atoms with Gasteiger partial charge in [-0.25, -0.2) is 0 Å². The van der Waals surface area contributed by atoms with Crippen LogP contribution in [-0.4, -0.2) is 30.0 Å². The van der Waals surface area contributed by atoms with Gasteiger partial charge >= 0.3 is 0 Å². The topological polar surface area (TPSA) is 38.3 Å². The molecule has 0 bridgehead atoms. The number of hydrogen-bond donors (Lipinski definition) is 1. The maximum atomic E-state index is 11.4. The first-order chi connectivity index (χ1) is 6.20. The molecular weight excluding hydrogens is 234 g/mol. The number of halogens is 1. The van der Waals surface area contributed by atoms with Crippen molar-refractivity contribution in [3.05, 3.63) is 0 Å². The van der Waals surface area contributed by atoms with E-state index in [-0.39, 0.29) is 12.0 Å². The molecule has 76 valence electrons. The van der Waals surface area contributed by atoms with E-state index in [2.05, 4.69) is 28.2 Å². The lowest BCUT2D eigenvalue weighted by Crippen LogP contribution is -2.35. The predicted octanol–water partition coefficient (Wildman–Crippen LogP) is 1.46. The highest BCUT2D eigenvalue weighted by Crippen LogP contribution is 2.11. The fourth-order valence-corrected chi connectivity index (χ4v) is 1.52. The van der Waals surface area contributed by atoms with Crippen LogP contribution in [0.2, 0.25) is 0 Å². The lowest BCUT2D eigenvalue weighted by Gasteiger charge is -2.10. The fourth-order valence-electron chi connectivity index (χ4n) is 1.29. The van der Waals surface area contributed by atoms with E-state index in [4.69, 9.17) is 4.74 Å². The second-order valence-electron chi connectivity index (χ2n) is 3.36. The van der Waals surface area contributed by atoms with Gasteiger partial charge in [-0.3, -0.25) is 4.79 Å². The number of ether oxygens (including phenoxy) is 1. The van der Waals surface area contributed by atoms with E-state index in [9.17, 15) is 4.79 Å². The summed E-state index contributed by atoms with van der Waals surface area (Å²) in [5.74, 6) is 0.0469. The van der Waals surface area contributed by atoms with Crippen molar-refractivity contribution < 1.29 is 9.53 Å². The molecule has 1 aliphatic rings. The molecule has 1 aliphatic heterocycles. The summed E-state index contributed by atoms with van der Waals surface area (Å²) in [6.45, 7) is 3.52. The third-order valence-corrected chi connectivity index (χ3v) is 2.52. The molecule has 0 aromatic rings. The average molecular weight is 250 g/mol. The molecule has 1 N–H and O–H groups in total. The zero-order chi connectivity index (χ0) is 9.68. The number of carbonyl (C=O) groups excluding carboxylic acids is 1. The normalized spacial score (nSPS) is 24.3. The Morgan fingerprint density at radius 3 is 3.08 bits per heavy atom. The molecule has 0 aromatic heterocycles. The summed E-state index contributed by atoms with van der Waals surface area (Å²) in [4.78, 5) is 11.8. The highest BCUT2D eigenvalue weighted by atomic mass is 79.9. The summed E-state index contributed by atoms with van der Waals surface area (Å²) < 4.78 is 5.25. The smallest absolute Gasteiger partial charge is 0.249 e. The minimum atomic E-state index is -0.189. The van der Waals surface area contributed by atoms with Crippen LogP contribution in [0.3, 0.4) is 0 Å². The van der Waals surface area contributed by atoms with Gasteiger partial charge in [-0.05, 0) is 19.3 Å². The second-order valence-corrected chi connectivity index (χ2v) is 4.93. The van der Waals surface area contributed by atoms with Crippen molar-refractivity contribution >= 4 is 21.8 Å². The third kappa shape index (κ3) is 4.09. The molecule has 4 heteroatoms. The number of amides is 1. The number of carbonyl (C=O) groups is 1. The Kier molecular flexibility index (Phi) is 4.73. The van der Waals surface area contributed by atoms with Crippen LogP contribution in [0, 0.1) is 0 Å². The highest BCUT2D eigenvalue weighted by molar-refractivity contribution is 9.09. The molecule has 0 aromatic carbocycles. The van der Waals surface area contributed by atoms with Gasteiger partial charge < -0.3 is 10.1 Å². The first kappa shape index (κ1) is 11.0. The lowest BCUT2D eigenvalue weighted by atomic mass is 10.2. The Labute approximate surface area is 87.3 Å². The van der Waals surface area contributed by atoms with Crippen molar-refractivity contribution in [3.8, 4) is 0 Å². The molecule has 0 aliphatic carbocycles. The molecule has 1 saturated heterocycles. The van der Waals surface area contributed by atoms with Gasteiger partial charge in [0.25, 0.3) is 0 Å². The summed E-state index contributed by atoms with van der Waals surface area (Å²) >= 11 is 3.43. The zero-order valence-electron chi connectivity index (χ0n) is 7.88. The molecule has 13 heavy (non-hydrogen) atoms. The van der Waals surface area contributed by atoms with Crippen molar-refractivity contribution in [3.63, 3.8) is 0 Å². The van der Waals surface area contributed by atoms with Crippen molar-refractivity contribution in [1.29, 1.82) is 0 Å². The summed E-state index contributed by atoms with van der Waals surface area (Å²) in [7, 11) is 0. The van der Waals surface area contributed by atoms with Crippen molar-refractivity contribution in [2.24, 2.45) is 0 Å². The first-order valence-corrected chi connectivity index (χ1v) is 5.65. The van der Waals surface area contributed by atoms with Crippen molar-refractivity contribution in [2.45, 2.75) is 37.1 Å². The van der Waals surface area contributed by atoms with Gasteiger partial charge in [-0.2, -0.15) is 0 Å². The molecule has 1 fully saturated rings. The van der Waals surface area contributed by atoms with Crippen LogP contribution in [0.5, 0.6) is 0 Å². The van der Waals surface area contributed by atoms with Gasteiger partial charge in [0.15, 0.2) is 0 Å². The molecule has 2 unspecified atom stereocenters. The molecule has 1 amide bonds. The third-order valence-electron chi connectivity index (χ3n) is 2.06. The van der Waals surface area contributed by atoms with E-state index in [1.807, 2.05) is 0 Å². The Bertz CT molecular complexity index is 167. The maximum Gasteiger partial charge on any atom is 0.249 e. The fraction of sp³-hybridized carbons (Fsp3) is 0.889. The van der Waals surface area contributed by atoms with Gasteiger partial charge in [0.05, 0.1) is 0 Å². The summed E-state index contributed by atoms with van der Waals surface area (Å²) in [5.41, 5.74) is 0. The van der Waals surface area contributed by atoms with E-state index < -0.39 is 0 Å². The van der Waals surface area contributed by atoms with Crippen LogP contribution in [0.1, 0.15) is 26.2 Å². The molecule has 3 nitrogen and oxygen atoms in total. The standard InChI is InChI=1S/C9H16BrNO2/c1-7(10)4-5-11-9(12)8-3-2-6-13-8/h7-8H,2-6H2,1H3,(H,11,12). The van der Waals surface area contributed by atoms with E-state index in [0.29, 0.717) is 4.83 Å². The summed E-state index contributed by atoms with van der Waals surface area (Å²) in [6, 6.07) is 0. The van der Waals surface area contributed by atoms with Crippen LogP contribution in [0.4, 0.5) is 0 Å². The van der Waals surface area contributed by atoms with Gasteiger partial charge in [-0.15, -0.1) is 0 Å². The zero-order valence-corrected chi connectivity index (χ0v) is 9.47. The Balaban J connectivity index is 2.10. The molecule has 1 heterocycles.